The van der Waals surface area contributed by atoms with Gasteiger partial charge >= 0.3 is 23.9 Å². The topological polar surface area (TPSA) is 419 Å². The molecule has 0 aromatic heterocycles. The normalized spacial score (nSPS) is 20.7. The predicted molar refractivity (Wildman–Crippen MR) is 467 cm³/mol. The molecule has 11 aliphatic rings. The summed E-state index contributed by atoms with van der Waals surface area (Å²) in [6.07, 6.45) is 8.82. The van der Waals surface area contributed by atoms with Crippen molar-refractivity contribution in [1.29, 1.82) is 0 Å². The summed E-state index contributed by atoms with van der Waals surface area (Å²) in [5.74, 6) is 1.35. The van der Waals surface area contributed by atoms with Gasteiger partial charge in [0.25, 0.3) is 11.8 Å². The number of methoxy groups -OCH3 is 4. The Kier molecular flexibility index (Phi) is 36.9. The van der Waals surface area contributed by atoms with E-state index in [4.69, 9.17) is 76.7 Å². The fourth-order valence-electron chi connectivity index (χ4n) is 16.7. The van der Waals surface area contributed by atoms with E-state index in [0.29, 0.717) is 194 Å². The Morgan fingerprint density at radius 2 is 0.580 bits per heavy atom. The molecule has 6 aromatic carbocycles. The molecule has 0 bridgehead atoms. The molecule has 0 saturated carbocycles. The molecule has 131 heavy (non-hydrogen) atoms. The number of nitrogens with one attached hydrogen (secondary N) is 3. The highest BCUT2D eigenvalue weighted by Gasteiger charge is 2.36. The van der Waals surface area contributed by atoms with Crippen molar-refractivity contribution >= 4 is 65.2 Å². The average Bonchev–Trinajstić information content (AvgIpc) is 1.81. The van der Waals surface area contributed by atoms with E-state index < -0.39 is 29.7 Å². The van der Waals surface area contributed by atoms with Gasteiger partial charge in [0, 0.05) is 123 Å². The number of carbonyl (C=O) groups is 11. The molecule has 5 saturated heterocycles. The second-order valence-electron chi connectivity index (χ2n) is 33.0. The lowest BCUT2D eigenvalue weighted by Gasteiger charge is -2.29. The fraction of sp³-hybridized carbons (Fsp3) is 0.505. The van der Waals surface area contributed by atoms with Crippen molar-refractivity contribution in [3.63, 3.8) is 0 Å². The largest absolute Gasteiger partial charge is 0.492 e. The van der Waals surface area contributed by atoms with Crippen LogP contribution >= 0.6 is 0 Å². The maximum Gasteiger partial charge on any atom is 0.337 e. The van der Waals surface area contributed by atoms with Gasteiger partial charge in [0.05, 0.1) is 146 Å². The average molecular weight is 1820 g/mol. The third-order valence-electron chi connectivity index (χ3n) is 23.9. The third-order valence-corrected chi connectivity index (χ3v) is 23.9. The Morgan fingerprint density at radius 1 is 0.328 bits per heavy atom. The number of fused-ring (bicyclic) bond motifs is 6. The second-order valence-corrected chi connectivity index (χ2v) is 33.0. The van der Waals surface area contributed by atoms with Crippen molar-refractivity contribution in [2.24, 2.45) is 29.6 Å². The lowest BCUT2D eigenvalue weighted by molar-refractivity contribution is -0.141. The summed E-state index contributed by atoms with van der Waals surface area (Å²) in [4.78, 5) is 142. The predicted octanol–water partition coefficient (Wildman–Crippen LogP) is 8.11. The minimum absolute atomic E-state index is 0.0559. The summed E-state index contributed by atoms with van der Waals surface area (Å²) in [6.45, 7) is 16.9. The van der Waals surface area contributed by atoms with Crippen molar-refractivity contribution in [1.82, 2.24) is 40.8 Å². The van der Waals surface area contributed by atoms with Crippen molar-refractivity contribution in [2.75, 3.05) is 167 Å². The fourth-order valence-corrected chi connectivity index (χ4v) is 16.7. The Morgan fingerprint density at radius 3 is 0.870 bits per heavy atom. The molecule has 0 spiro atoms. The van der Waals surface area contributed by atoms with Gasteiger partial charge in [-0.2, -0.15) is 0 Å². The SMILES string of the molecule is COC(=O)c1ccc2c(c1)OCCN(C(=O)[C@@H]1CCCOC1)C2.COC(=O)c1ccc2c(c1)OCCN(C(=O)[C@H]1CCCOC1)C2.COC(=O)c1ccc2c(c1)OCCNC2.COC(=O)c1ccc2c(c1)O[C@H](C)CN(C(=O)C1CCCOC1)C2.O=C(NO)c1ccc2c(c1)OCCN(C(=O)[C@@H]1CCCOC1)C2.O=C(NO)c1ccc2c(c1)OCCN(C(=O)[C@H]1CCCOC1)C2. The van der Waals surface area contributed by atoms with Crippen LogP contribution in [-0.4, -0.2) is 273 Å². The Balaban J connectivity index is 0.000000143. The standard InChI is InChI=1S/C18H23NO5.2C17H21NO5.2C16H20N2O5.C11H13NO3/c1-12-9-19(17(20)15-4-3-7-23-11-15)10-14-6-5-13(18(21)22-2)8-16(14)24-12;2*1-21-17(20)12-4-5-13-10-18(6-8-23-15(13)9-12)16(19)14-3-2-7-22-11-14;2*19-15(17-21)11-3-4-12-9-18(5-7-23-14(12)8-11)16(20)13-2-1-6-22-10-13;1-14-11(13)8-2-3-9-7-12-4-5-15-10(9)6-8/h5-6,8,12,15H,3-4,7,9-11H2,1-2H3;2*4-5,9,14H,2-3,6-8,10-11H2,1H3;2*3-4,8,13,21H,1-2,5-7,9-10H2,(H,17,19);2-3,6,12H,4-5,7H2,1H3/t12-,15?;2*14-;2*13-;/m11010./s1. The number of nitrogens with zero attached hydrogens (tertiary/aromatic N) is 5. The van der Waals surface area contributed by atoms with E-state index in [9.17, 15) is 52.7 Å². The number of benzene rings is 6. The van der Waals surface area contributed by atoms with Crippen molar-refractivity contribution < 1.29 is 134 Å². The van der Waals surface area contributed by atoms with E-state index in [1.807, 2.05) is 45.9 Å². The third kappa shape index (κ3) is 27.1. The molecule has 706 valence electrons. The number of carbonyl (C=O) groups excluding carboxylic acids is 11. The molecule has 0 aliphatic carbocycles. The van der Waals surface area contributed by atoms with Crippen molar-refractivity contribution in [2.45, 2.75) is 117 Å². The number of hydrogen-bond acceptors (Lipinski definition) is 29. The zero-order valence-corrected chi connectivity index (χ0v) is 74.8. The molecule has 1 unspecified atom stereocenters. The number of amides is 7. The van der Waals surface area contributed by atoms with Gasteiger partial charge in [0.15, 0.2) is 0 Å². The first-order valence-corrected chi connectivity index (χ1v) is 44.5. The van der Waals surface area contributed by atoms with Gasteiger partial charge in [-0.05, 0) is 144 Å². The van der Waals surface area contributed by atoms with Crippen LogP contribution in [-0.2, 0) is 106 Å². The van der Waals surface area contributed by atoms with E-state index in [1.54, 1.807) is 106 Å². The number of esters is 4. The van der Waals surface area contributed by atoms with Crippen LogP contribution in [0.2, 0.25) is 0 Å². The maximum absolute atomic E-state index is 12.8. The molecule has 6 atom stereocenters. The van der Waals surface area contributed by atoms with Crippen LogP contribution in [0.3, 0.4) is 0 Å². The minimum atomic E-state index is -0.590. The lowest BCUT2D eigenvalue weighted by Crippen LogP contribution is -2.42. The summed E-state index contributed by atoms with van der Waals surface area (Å²) in [6, 6.07) is 30.9. The molecular weight excluding hydrogens is 1700 g/mol. The Hall–Kier alpha value is -12.0. The summed E-state index contributed by atoms with van der Waals surface area (Å²) < 4.78 is 80.1. The molecule has 6 aromatic rings. The molecule has 17 rings (SSSR count). The number of hydroxylamine groups is 2. The molecule has 36 nitrogen and oxygen atoms in total. The highest BCUT2D eigenvalue weighted by Crippen LogP contribution is 2.35. The minimum Gasteiger partial charge on any atom is -0.492 e. The van der Waals surface area contributed by atoms with Crippen LogP contribution in [0, 0.1) is 29.6 Å². The molecule has 5 N–H and O–H groups in total. The van der Waals surface area contributed by atoms with Gasteiger partial charge in [-0.3, -0.25) is 44.0 Å². The van der Waals surface area contributed by atoms with Crippen LogP contribution in [0.15, 0.2) is 109 Å². The zero-order chi connectivity index (χ0) is 92.7. The smallest absolute Gasteiger partial charge is 0.337 e. The van der Waals surface area contributed by atoms with Crippen molar-refractivity contribution in [3.05, 3.63) is 176 Å². The molecule has 11 heterocycles. The highest BCUT2D eigenvalue weighted by molar-refractivity contribution is 5.95. The first-order valence-electron chi connectivity index (χ1n) is 44.5. The van der Waals surface area contributed by atoms with E-state index in [1.165, 1.54) is 28.4 Å². The van der Waals surface area contributed by atoms with Crippen LogP contribution in [0.25, 0.3) is 0 Å². The van der Waals surface area contributed by atoms with E-state index in [0.717, 1.165) is 149 Å². The summed E-state index contributed by atoms with van der Waals surface area (Å²) >= 11 is 0. The van der Waals surface area contributed by atoms with Crippen LogP contribution in [0.5, 0.6) is 34.5 Å². The van der Waals surface area contributed by atoms with Crippen LogP contribution in [0.1, 0.15) is 167 Å². The van der Waals surface area contributed by atoms with Crippen LogP contribution < -0.4 is 44.7 Å². The first-order chi connectivity index (χ1) is 63.6. The van der Waals surface area contributed by atoms with Gasteiger partial charge < -0.3 is 101 Å². The van der Waals surface area contributed by atoms with Crippen LogP contribution in [0.4, 0.5) is 0 Å². The molecule has 0 radical (unpaired) electrons. The second kappa shape index (κ2) is 49.3. The Bertz CT molecular complexity index is 4520. The van der Waals surface area contributed by atoms with Gasteiger partial charge in [-0.25, -0.2) is 30.1 Å². The summed E-state index contributed by atoms with van der Waals surface area (Å²) in [5.41, 5.74) is 11.2. The number of rotatable bonds is 11. The lowest BCUT2D eigenvalue weighted by atomic mass is 10.00. The molecule has 7 amide bonds. The quantitative estimate of drug-likeness (QED) is 0.0354. The summed E-state index contributed by atoms with van der Waals surface area (Å²) in [7, 11) is 5.42. The monoisotopic (exact) mass is 1820 g/mol. The first kappa shape index (κ1) is 98.0. The highest BCUT2D eigenvalue weighted by atomic mass is 16.5. The number of hydrogen-bond donors (Lipinski definition) is 5. The molecule has 5 fully saturated rings. The Labute approximate surface area is 760 Å². The van der Waals surface area contributed by atoms with Gasteiger partial charge in [0.2, 0.25) is 29.5 Å². The zero-order valence-electron chi connectivity index (χ0n) is 74.8. The molecule has 36 heteroatoms. The van der Waals surface area contributed by atoms with E-state index in [-0.39, 0.29) is 71.2 Å². The molecular formula is C95H118N8O28. The maximum atomic E-state index is 12.8. The van der Waals surface area contributed by atoms with Gasteiger partial charge in [-0.1, -0.05) is 36.4 Å². The molecule has 11 aliphatic heterocycles. The summed E-state index contributed by atoms with van der Waals surface area (Å²) in [5, 5.41) is 20.6. The van der Waals surface area contributed by atoms with Gasteiger partial charge in [0.1, 0.15) is 73.6 Å². The number of ether oxygens (including phenoxy) is 15. The van der Waals surface area contributed by atoms with Gasteiger partial charge in [-0.15, -0.1) is 0 Å². The van der Waals surface area contributed by atoms with Crippen molar-refractivity contribution in [3.8, 4) is 34.5 Å². The van der Waals surface area contributed by atoms with E-state index in [2.05, 4.69) is 10.1 Å². The van der Waals surface area contributed by atoms with E-state index >= 15 is 0 Å².